The molecule has 2 heterocycles. The zero-order valence-electron chi connectivity index (χ0n) is 23.5. The quantitative estimate of drug-likeness (QED) is 0.237. The summed E-state index contributed by atoms with van der Waals surface area (Å²) in [6.07, 6.45) is -0.762. The molecule has 1 aromatic heterocycles. The second-order valence-electron chi connectivity index (χ2n) is 10.9. The fourth-order valence-electron chi connectivity index (χ4n) is 5.28. The zero-order chi connectivity index (χ0) is 30.8. The number of para-hydroxylation sites is 2. The van der Waals surface area contributed by atoms with E-state index in [9.17, 15) is 28.2 Å². The predicted molar refractivity (Wildman–Crippen MR) is 154 cm³/mol. The average Bonchev–Trinajstić information content (AvgIpc) is 3.81. The summed E-state index contributed by atoms with van der Waals surface area (Å²) >= 11 is 0. The van der Waals surface area contributed by atoms with Gasteiger partial charge in [0.2, 0.25) is 0 Å². The molecular weight excluding hydrogens is 565 g/mol. The third-order valence-corrected chi connectivity index (χ3v) is 7.75. The highest BCUT2D eigenvalue weighted by atomic mass is 19.4. The van der Waals surface area contributed by atoms with Crippen LogP contribution in [-0.2, 0) is 5.60 Å². The van der Waals surface area contributed by atoms with Crippen LogP contribution >= 0.6 is 0 Å². The number of aromatic carboxylic acids is 1. The summed E-state index contributed by atoms with van der Waals surface area (Å²) in [5, 5.41) is 23.8. The minimum absolute atomic E-state index is 0.0108. The Morgan fingerprint density at radius 2 is 1.86 bits per heavy atom. The van der Waals surface area contributed by atoms with Crippen LogP contribution in [0.5, 0.6) is 11.5 Å². The molecule has 3 aromatic rings. The van der Waals surface area contributed by atoms with E-state index in [1.807, 2.05) is 24.0 Å². The number of anilines is 2. The van der Waals surface area contributed by atoms with E-state index < -0.39 is 17.9 Å². The number of carboxylic acids is 1. The Kier molecular flexibility index (Phi) is 8.41. The Bertz CT molecular complexity index is 1520. The maximum absolute atomic E-state index is 12.9. The highest BCUT2D eigenvalue weighted by Crippen LogP contribution is 2.39. The van der Waals surface area contributed by atoms with Gasteiger partial charge in [0.1, 0.15) is 18.2 Å². The lowest BCUT2D eigenvalue weighted by atomic mass is 9.82. The number of alkyl halides is 3. The zero-order valence-corrected chi connectivity index (χ0v) is 23.5. The SMILES string of the molecule is Cc1cc(OC/C(Nc2ccccc2OC(F)(F)F)=C(/N)C2CC2)ccc1C1(O)CCN(c2cc(C(=O)O)ccn2)CC1. The lowest BCUT2D eigenvalue weighted by molar-refractivity contribution is -0.274. The van der Waals surface area contributed by atoms with Crippen LogP contribution in [0.3, 0.4) is 0 Å². The Morgan fingerprint density at radius 3 is 2.51 bits per heavy atom. The Hall–Kier alpha value is -4.45. The number of hydrogen-bond acceptors (Lipinski definition) is 8. The number of hydrogen-bond donors (Lipinski definition) is 4. The number of carboxylic acid groups (broad SMARTS) is 1. The maximum Gasteiger partial charge on any atom is 0.573 e. The first-order valence-corrected chi connectivity index (χ1v) is 13.9. The van der Waals surface area contributed by atoms with Crippen LogP contribution in [0.2, 0.25) is 0 Å². The minimum atomic E-state index is -4.84. The number of pyridine rings is 1. The topological polar surface area (TPSA) is 130 Å². The van der Waals surface area contributed by atoms with Crippen molar-refractivity contribution in [3.05, 3.63) is 88.9 Å². The average molecular weight is 599 g/mol. The number of nitrogens with zero attached hydrogens (tertiary/aromatic N) is 2. The molecule has 2 aromatic carbocycles. The number of carbonyl (C=O) groups is 1. The normalized spacial score (nSPS) is 17.2. The second-order valence-corrected chi connectivity index (χ2v) is 10.9. The summed E-state index contributed by atoms with van der Waals surface area (Å²) in [4.78, 5) is 17.6. The molecule has 0 atom stereocenters. The summed E-state index contributed by atoms with van der Waals surface area (Å²) in [5.41, 5.74) is 8.10. The fraction of sp³-hybridized carbons (Fsp3) is 0.355. The van der Waals surface area contributed by atoms with Gasteiger partial charge in [-0.1, -0.05) is 18.2 Å². The first-order chi connectivity index (χ1) is 20.4. The van der Waals surface area contributed by atoms with Crippen molar-refractivity contribution in [2.24, 2.45) is 11.7 Å². The van der Waals surface area contributed by atoms with Crippen LogP contribution in [0.1, 0.15) is 47.2 Å². The molecule has 228 valence electrons. The second kappa shape index (κ2) is 12.0. The molecule has 2 aliphatic rings. The molecular formula is C31H33F3N4O5. The number of benzene rings is 2. The highest BCUT2D eigenvalue weighted by molar-refractivity contribution is 5.88. The van der Waals surface area contributed by atoms with Gasteiger partial charge in [-0.25, -0.2) is 9.78 Å². The van der Waals surface area contributed by atoms with Gasteiger partial charge in [-0.15, -0.1) is 13.2 Å². The summed E-state index contributed by atoms with van der Waals surface area (Å²) in [6.45, 7) is 2.85. The van der Waals surface area contributed by atoms with Crippen molar-refractivity contribution in [3.63, 3.8) is 0 Å². The van der Waals surface area contributed by atoms with E-state index in [2.05, 4.69) is 15.0 Å². The van der Waals surface area contributed by atoms with Crippen molar-refractivity contribution < 1.29 is 37.7 Å². The van der Waals surface area contributed by atoms with Crippen LogP contribution in [0.15, 0.2) is 72.2 Å². The summed E-state index contributed by atoms with van der Waals surface area (Å²) in [7, 11) is 0. The minimum Gasteiger partial charge on any atom is -0.487 e. The van der Waals surface area contributed by atoms with Gasteiger partial charge in [-0.05, 0) is 80.1 Å². The number of ether oxygens (including phenoxy) is 2. The molecule has 1 saturated heterocycles. The predicted octanol–water partition coefficient (Wildman–Crippen LogP) is 5.55. The van der Waals surface area contributed by atoms with Crippen LogP contribution < -0.4 is 25.4 Å². The van der Waals surface area contributed by atoms with E-state index in [1.165, 1.54) is 36.5 Å². The molecule has 0 amide bonds. The highest BCUT2D eigenvalue weighted by Gasteiger charge is 2.36. The Balaban J connectivity index is 1.26. The van der Waals surface area contributed by atoms with Crippen LogP contribution in [0, 0.1) is 12.8 Å². The van der Waals surface area contributed by atoms with Crippen molar-refractivity contribution in [1.29, 1.82) is 0 Å². The van der Waals surface area contributed by atoms with Gasteiger partial charge in [0.05, 0.1) is 22.5 Å². The number of nitrogens with two attached hydrogens (primary N) is 1. The molecule has 1 saturated carbocycles. The molecule has 0 spiro atoms. The molecule has 1 aliphatic heterocycles. The molecule has 0 radical (unpaired) electrons. The molecule has 1 aliphatic carbocycles. The fourth-order valence-corrected chi connectivity index (χ4v) is 5.28. The van der Waals surface area contributed by atoms with Gasteiger partial charge in [0.15, 0.2) is 5.75 Å². The van der Waals surface area contributed by atoms with E-state index in [-0.39, 0.29) is 29.5 Å². The molecule has 0 unspecified atom stereocenters. The van der Waals surface area contributed by atoms with Gasteiger partial charge in [-0.3, -0.25) is 0 Å². The monoisotopic (exact) mass is 598 g/mol. The van der Waals surface area contributed by atoms with Gasteiger partial charge in [-0.2, -0.15) is 0 Å². The van der Waals surface area contributed by atoms with E-state index in [0.717, 1.165) is 24.0 Å². The third-order valence-electron chi connectivity index (χ3n) is 7.75. The molecule has 43 heavy (non-hydrogen) atoms. The number of nitrogens with one attached hydrogen (secondary N) is 1. The van der Waals surface area contributed by atoms with Crippen molar-refractivity contribution in [1.82, 2.24) is 4.98 Å². The van der Waals surface area contributed by atoms with Crippen molar-refractivity contribution >= 4 is 17.5 Å². The first kappa shape index (κ1) is 30.0. The number of halogens is 3. The lowest BCUT2D eigenvalue weighted by Crippen LogP contribution is -2.43. The molecule has 5 N–H and O–H groups in total. The van der Waals surface area contributed by atoms with Crippen molar-refractivity contribution in [3.8, 4) is 11.5 Å². The summed E-state index contributed by atoms with van der Waals surface area (Å²) in [6, 6.07) is 14.1. The smallest absolute Gasteiger partial charge is 0.487 e. The molecule has 9 nitrogen and oxygen atoms in total. The maximum atomic E-state index is 12.9. The van der Waals surface area contributed by atoms with Crippen molar-refractivity contribution in [2.45, 2.75) is 44.6 Å². The van der Waals surface area contributed by atoms with Crippen LogP contribution in [-0.4, -0.2) is 47.2 Å². The van der Waals surface area contributed by atoms with E-state index in [0.29, 0.717) is 48.9 Å². The molecule has 5 rings (SSSR count). The number of aromatic nitrogens is 1. The number of aliphatic hydroxyl groups is 1. The number of piperidine rings is 1. The third kappa shape index (κ3) is 7.31. The van der Waals surface area contributed by atoms with E-state index >= 15 is 0 Å². The summed E-state index contributed by atoms with van der Waals surface area (Å²) in [5.74, 6) is -0.199. The Labute approximate surface area is 246 Å². The number of aryl methyl sites for hydroxylation is 1. The number of allylic oxidation sites excluding steroid dienone is 1. The van der Waals surface area contributed by atoms with Crippen LogP contribution in [0.4, 0.5) is 24.7 Å². The summed E-state index contributed by atoms with van der Waals surface area (Å²) < 4.78 is 49.0. The van der Waals surface area contributed by atoms with Gasteiger partial charge in [0.25, 0.3) is 0 Å². The molecule has 12 heteroatoms. The number of rotatable bonds is 10. The first-order valence-electron chi connectivity index (χ1n) is 13.9. The van der Waals surface area contributed by atoms with Gasteiger partial charge < -0.3 is 35.6 Å². The van der Waals surface area contributed by atoms with E-state index in [4.69, 9.17) is 10.5 Å². The van der Waals surface area contributed by atoms with Crippen molar-refractivity contribution in [2.75, 3.05) is 29.9 Å². The van der Waals surface area contributed by atoms with Gasteiger partial charge >= 0.3 is 12.3 Å². The van der Waals surface area contributed by atoms with E-state index in [1.54, 1.807) is 12.1 Å². The van der Waals surface area contributed by atoms with Gasteiger partial charge in [0, 0.05) is 30.9 Å². The largest absolute Gasteiger partial charge is 0.573 e. The van der Waals surface area contributed by atoms with Crippen LogP contribution in [0.25, 0.3) is 0 Å². The Morgan fingerprint density at radius 1 is 1.14 bits per heavy atom. The molecule has 0 bridgehead atoms. The lowest BCUT2D eigenvalue weighted by Gasteiger charge is -2.39. The standard InChI is InChI=1S/C31H33F3N4O5/c1-19-16-22(8-9-23(19)30(41)11-14-38(15-12-30)27-17-21(29(39)40)10-13-36-27)42-18-25(28(35)20-6-7-20)37-24-4-2-3-5-26(24)43-31(32,33)34/h2-5,8-10,13,16-17,20,37,41H,6-7,11-12,14-15,18,35H2,1H3,(H,39,40)/b28-25-. The molecule has 2 fully saturated rings.